The summed E-state index contributed by atoms with van der Waals surface area (Å²) >= 11 is 5.79. The van der Waals surface area contributed by atoms with E-state index >= 15 is 0 Å². The Morgan fingerprint density at radius 1 is 1.45 bits per heavy atom. The van der Waals surface area contributed by atoms with Gasteiger partial charge in [0.1, 0.15) is 5.82 Å². The standard InChI is InChI=1S/C15H17ClFN3O2/c1-2-5-20(6-7-21)15(22)11-9-18-19-14(11)10-3-4-13(17)12(16)8-10/h3-4,8-9,21H,2,5-7H2,1H3,(H,18,19). The number of hydrogen-bond donors (Lipinski definition) is 2. The van der Waals surface area contributed by atoms with Gasteiger partial charge in [0.25, 0.3) is 5.91 Å². The Morgan fingerprint density at radius 3 is 2.86 bits per heavy atom. The largest absolute Gasteiger partial charge is 0.395 e. The summed E-state index contributed by atoms with van der Waals surface area (Å²) in [4.78, 5) is 14.1. The van der Waals surface area contributed by atoms with Crippen LogP contribution in [-0.4, -0.2) is 45.8 Å². The molecule has 0 aliphatic carbocycles. The first kappa shape index (κ1) is 16.5. The minimum atomic E-state index is -0.523. The van der Waals surface area contributed by atoms with Gasteiger partial charge in [0.05, 0.1) is 29.1 Å². The van der Waals surface area contributed by atoms with Gasteiger partial charge >= 0.3 is 0 Å². The van der Waals surface area contributed by atoms with Crippen LogP contribution in [0.1, 0.15) is 23.7 Å². The van der Waals surface area contributed by atoms with Crippen LogP contribution in [0.2, 0.25) is 5.02 Å². The fourth-order valence-electron chi connectivity index (χ4n) is 2.20. The van der Waals surface area contributed by atoms with Crippen LogP contribution >= 0.6 is 11.6 Å². The van der Waals surface area contributed by atoms with Gasteiger partial charge in [-0.15, -0.1) is 0 Å². The summed E-state index contributed by atoms with van der Waals surface area (Å²) in [5.74, 6) is -0.759. The van der Waals surface area contributed by atoms with E-state index in [1.807, 2.05) is 6.92 Å². The van der Waals surface area contributed by atoms with Crippen molar-refractivity contribution < 1.29 is 14.3 Å². The lowest BCUT2D eigenvalue weighted by molar-refractivity contribution is 0.0723. The summed E-state index contributed by atoms with van der Waals surface area (Å²) in [5, 5.41) is 15.7. The molecule has 0 fully saturated rings. The predicted octanol–water partition coefficient (Wildman–Crippen LogP) is 2.71. The molecule has 0 spiro atoms. The smallest absolute Gasteiger partial charge is 0.257 e. The van der Waals surface area contributed by atoms with Crippen LogP contribution in [0.3, 0.4) is 0 Å². The van der Waals surface area contributed by atoms with Crippen molar-refractivity contribution in [3.8, 4) is 11.3 Å². The second kappa shape index (κ2) is 7.38. The van der Waals surface area contributed by atoms with E-state index in [9.17, 15) is 9.18 Å². The summed E-state index contributed by atoms with van der Waals surface area (Å²) in [6.07, 6.45) is 2.20. The molecule has 22 heavy (non-hydrogen) atoms. The molecule has 0 unspecified atom stereocenters. The molecule has 1 aromatic heterocycles. The number of aliphatic hydroxyl groups is 1. The van der Waals surface area contributed by atoms with E-state index in [4.69, 9.17) is 16.7 Å². The second-order valence-corrected chi connectivity index (χ2v) is 5.21. The summed E-state index contributed by atoms with van der Waals surface area (Å²) < 4.78 is 13.3. The Morgan fingerprint density at radius 2 is 2.23 bits per heavy atom. The van der Waals surface area contributed by atoms with Gasteiger partial charge in [0, 0.05) is 18.7 Å². The molecular weight excluding hydrogens is 309 g/mol. The minimum Gasteiger partial charge on any atom is -0.395 e. The molecule has 0 aliphatic rings. The second-order valence-electron chi connectivity index (χ2n) is 4.80. The molecule has 2 aromatic rings. The molecular formula is C15H17ClFN3O2. The number of H-pyrrole nitrogens is 1. The number of nitrogens with zero attached hydrogens (tertiary/aromatic N) is 2. The average molecular weight is 326 g/mol. The van der Waals surface area contributed by atoms with Crippen molar-refractivity contribution in [2.24, 2.45) is 0 Å². The maximum Gasteiger partial charge on any atom is 0.257 e. The van der Waals surface area contributed by atoms with Crippen LogP contribution in [-0.2, 0) is 0 Å². The van der Waals surface area contributed by atoms with Crippen LogP contribution in [0.4, 0.5) is 4.39 Å². The molecule has 0 atom stereocenters. The van der Waals surface area contributed by atoms with E-state index in [1.165, 1.54) is 24.4 Å². The van der Waals surface area contributed by atoms with Gasteiger partial charge < -0.3 is 10.0 Å². The molecule has 5 nitrogen and oxygen atoms in total. The zero-order chi connectivity index (χ0) is 16.1. The van der Waals surface area contributed by atoms with E-state index in [1.54, 1.807) is 4.90 Å². The van der Waals surface area contributed by atoms with Crippen LogP contribution < -0.4 is 0 Å². The van der Waals surface area contributed by atoms with Gasteiger partial charge in [-0.2, -0.15) is 5.10 Å². The number of amides is 1. The van der Waals surface area contributed by atoms with Crippen molar-refractivity contribution in [3.63, 3.8) is 0 Å². The van der Waals surface area contributed by atoms with Crippen molar-refractivity contribution in [3.05, 3.63) is 40.8 Å². The van der Waals surface area contributed by atoms with E-state index in [-0.39, 0.29) is 24.1 Å². The lowest BCUT2D eigenvalue weighted by Crippen LogP contribution is -2.34. The number of aliphatic hydroxyl groups excluding tert-OH is 1. The maximum atomic E-state index is 13.3. The van der Waals surface area contributed by atoms with Gasteiger partial charge in [0.15, 0.2) is 0 Å². The highest BCUT2D eigenvalue weighted by molar-refractivity contribution is 6.31. The number of halogens is 2. The topological polar surface area (TPSA) is 69.2 Å². The molecule has 1 aromatic carbocycles. The SMILES string of the molecule is CCCN(CCO)C(=O)c1cn[nH]c1-c1ccc(F)c(Cl)c1. The molecule has 0 radical (unpaired) electrons. The first-order valence-corrected chi connectivity index (χ1v) is 7.35. The highest BCUT2D eigenvalue weighted by atomic mass is 35.5. The fraction of sp³-hybridized carbons (Fsp3) is 0.333. The van der Waals surface area contributed by atoms with Crippen molar-refractivity contribution in [1.29, 1.82) is 0 Å². The first-order valence-electron chi connectivity index (χ1n) is 6.97. The van der Waals surface area contributed by atoms with Crippen molar-refractivity contribution in [1.82, 2.24) is 15.1 Å². The number of rotatable bonds is 6. The highest BCUT2D eigenvalue weighted by Crippen LogP contribution is 2.26. The quantitative estimate of drug-likeness (QED) is 0.858. The highest BCUT2D eigenvalue weighted by Gasteiger charge is 2.21. The van der Waals surface area contributed by atoms with Gasteiger partial charge in [-0.3, -0.25) is 9.89 Å². The monoisotopic (exact) mass is 325 g/mol. The summed E-state index contributed by atoms with van der Waals surface area (Å²) in [6.45, 7) is 2.63. The maximum absolute atomic E-state index is 13.3. The summed E-state index contributed by atoms with van der Waals surface area (Å²) in [5.41, 5.74) is 1.42. The van der Waals surface area contributed by atoms with Crippen molar-refractivity contribution in [2.45, 2.75) is 13.3 Å². The van der Waals surface area contributed by atoms with Crippen LogP contribution in [0, 0.1) is 5.82 Å². The van der Waals surface area contributed by atoms with Crippen molar-refractivity contribution in [2.75, 3.05) is 19.7 Å². The zero-order valence-electron chi connectivity index (χ0n) is 12.1. The Kier molecular flexibility index (Phi) is 5.51. The third kappa shape index (κ3) is 3.45. The van der Waals surface area contributed by atoms with E-state index < -0.39 is 5.82 Å². The summed E-state index contributed by atoms with van der Waals surface area (Å²) in [6, 6.07) is 4.21. The Hall–Kier alpha value is -1.92. The Labute approximate surface area is 132 Å². The molecule has 0 bridgehead atoms. The Balaban J connectivity index is 2.35. The molecule has 1 amide bonds. The van der Waals surface area contributed by atoms with Gasteiger partial charge in [-0.05, 0) is 24.6 Å². The van der Waals surface area contributed by atoms with Gasteiger partial charge in [-0.1, -0.05) is 18.5 Å². The van der Waals surface area contributed by atoms with Crippen LogP contribution in [0.15, 0.2) is 24.4 Å². The molecule has 0 saturated carbocycles. The molecule has 0 saturated heterocycles. The number of carbonyl (C=O) groups excluding carboxylic acids is 1. The van der Waals surface area contributed by atoms with E-state index in [0.717, 1.165) is 6.42 Å². The van der Waals surface area contributed by atoms with E-state index in [2.05, 4.69) is 10.2 Å². The number of carbonyl (C=O) groups is 1. The van der Waals surface area contributed by atoms with Gasteiger partial charge in [0.2, 0.25) is 0 Å². The molecule has 2 rings (SSSR count). The number of benzene rings is 1. The number of aromatic nitrogens is 2. The number of nitrogens with one attached hydrogen (secondary N) is 1. The fourth-order valence-corrected chi connectivity index (χ4v) is 2.38. The number of aromatic amines is 1. The van der Waals surface area contributed by atoms with Gasteiger partial charge in [-0.25, -0.2) is 4.39 Å². The molecule has 118 valence electrons. The van der Waals surface area contributed by atoms with E-state index in [0.29, 0.717) is 23.4 Å². The molecule has 7 heteroatoms. The minimum absolute atomic E-state index is 0.0220. The molecule has 0 aliphatic heterocycles. The lowest BCUT2D eigenvalue weighted by Gasteiger charge is -2.21. The normalized spacial score (nSPS) is 10.7. The lowest BCUT2D eigenvalue weighted by atomic mass is 10.1. The van der Waals surface area contributed by atoms with Crippen molar-refractivity contribution >= 4 is 17.5 Å². The number of hydrogen-bond acceptors (Lipinski definition) is 3. The average Bonchev–Trinajstić information content (AvgIpc) is 2.98. The van der Waals surface area contributed by atoms with Crippen LogP contribution in [0.5, 0.6) is 0 Å². The molecule has 1 heterocycles. The summed E-state index contributed by atoms with van der Waals surface area (Å²) in [7, 11) is 0. The third-order valence-electron chi connectivity index (χ3n) is 3.23. The molecule has 2 N–H and O–H groups in total. The first-order chi connectivity index (χ1) is 10.6. The zero-order valence-corrected chi connectivity index (χ0v) is 12.9. The van der Waals surface area contributed by atoms with Crippen LogP contribution in [0.25, 0.3) is 11.3 Å². The third-order valence-corrected chi connectivity index (χ3v) is 3.52. The Bertz CT molecular complexity index is 654. The predicted molar refractivity (Wildman–Crippen MR) is 82.3 cm³/mol.